The van der Waals surface area contributed by atoms with Crippen LogP contribution >= 0.6 is 0 Å². The van der Waals surface area contributed by atoms with Gasteiger partial charge in [-0.05, 0) is 0 Å². The molecule has 2 nitrogen and oxygen atoms in total. The van der Waals surface area contributed by atoms with Crippen molar-refractivity contribution >= 4 is 27.4 Å². The minimum atomic E-state index is -8.81. The first kappa shape index (κ1) is 40.4. The second-order valence-corrected chi connectivity index (χ2v) is 32.7. The van der Waals surface area contributed by atoms with Crippen LogP contribution in [0.5, 0.6) is 0 Å². The van der Waals surface area contributed by atoms with E-state index in [0.717, 1.165) is 24.3 Å². The van der Waals surface area contributed by atoms with Gasteiger partial charge in [0.15, 0.2) is 0 Å². The predicted octanol–water partition coefficient (Wildman–Crippen LogP) is 10.8. The number of fused-ring (bicyclic) bond motifs is 2. The van der Waals surface area contributed by atoms with Crippen LogP contribution in [0, 0.1) is 0 Å². The Kier molecular flexibility index (Phi) is 8.58. The quantitative estimate of drug-likeness (QED) is 0.132. The van der Waals surface area contributed by atoms with Gasteiger partial charge in [-0.1, -0.05) is 0 Å². The summed E-state index contributed by atoms with van der Waals surface area (Å²) in [5.41, 5.74) is -10.6. The number of rotatable bonds is 4. The second kappa shape index (κ2) is 11.9. The molecule has 0 aromatic heterocycles. The van der Waals surface area contributed by atoms with Gasteiger partial charge >= 0.3 is 320 Å². The molecule has 1 saturated heterocycles. The Labute approximate surface area is 318 Å². The van der Waals surface area contributed by atoms with E-state index in [1.54, 1.807) is 0 Å². The van der Waals surface area contributed by atoms with Crippen LogP contribution in [0.3, 0.4) is 0 Å². The predicted molar refractivity (Wildman–Crippen MR) is 201 cm³/mol. The number of alkyl halides is 9. The average molecular weight is 895 g/mol. The molecule has 2 atom stereocenters. The van der Waals surface area contributed by atoms with Gasteiger partial charge in [0.05, 0.1) is 0 Å². The Bertz CT molecular complexity index is 2210. The van der Waals surface area contributed by atoms with E-state index in [4.69, 9.17) is 6.03 Å². The van der Waals surface area contributed by atoms with Crippen LogP contribution in [0.15, 0.2) is 133 Å². The molecular formula is C44H41F9O2Sb-. The summed E-state index contributed by atoms with van der Waals surface area (Å²) in [7, 11) is 0. The summed E-state index contributed by atoms with van der Waals surface area (Å²) in [5, 5.41) is 0. The molecular weight excluding hydrogens is 853 g/mol. The molecule has 0 aliphatic carbocycles. The molecule has 5 aromatic carbocycles. The summed E-state index contributed by atoms with van der Waals surface area (Å²) >= 11 is -8.81. The summed E-state index contributed by atoms with van der Waals surface area (Å²) in [4.78, 5) is 0. The normalized spacial score (nSPS) is 23.9. The fourth-order valence-electron chi connectivity index (χ4n) is 9.39. The van der Waals surface area contributed by atoms with Crippen molar-refractivity contribution in [2.24, 2.45) is 0 Å². The van der Waals surface area contributed by atoms with Gasteiger partial charge in [-0.2, -0.15) is 0 Å². The van der Waals surface area contributed by atoms with E-state index in [9.17, 15) is 0 Å². The number of halogens is 9. The van der Waals surface area contributed by atoms with E-state index in [-0.39, 0.29) is 12.6 Å². The Morgan fingerprint density at radius 1 is 0.464 bits per heavy atom. The van der Waals surface area contributed by atoms with E-state index in [2.05, 4.69) is 0 Å². The third kappa shape index (κ3) is 4.74. The van der Waals surface area contributed by atoms with Crippen LogP contribution in [0.4, 0.5) is 39.5 Å². The van der Waals surface area contributed by atoms with Crippen LogP contribution in [0.25, 0.3) is 0 Å². The first-order valence-corrected chi connectivity index (χ1v) is 25.4. The SMILES string of the molecule is CC(C)(C)c1cc[c]([Sb-]23([c]4ccc(C(C)(C)C)cc4)([O]C(C(F)(F)F)(C(F)(F)F)c4cccc[c]42)[O][C@@](c2ccccc2)(C(F)(F)F)[C@@H]3c2ccccc2)cc1. The zero-order valence-electron chi connectivity index (χ0n) is 31.4. The van der Waals surface area contributed by atoms with Gasteiger partial charge in [0.2, 0.25) is 0 Å². The van der Waals surface area contributed by atoms with E-state index >= 15 is 39.5 Å². The van der Waals surface area contributed by atoms with Gasteiger partial charge in [0, 0.05) is 0 Å². The number of benzene rings is 5. The Morgan fingerprint density at radius 3 is 1.29 bits per heavy atom. The zero-order chi connectivity index (χ0) is 41.1. The van der Waals surface area contributed by atoms with E-state index < -0.39 is 75.9 Å². The topological polar surface area (TPSA) is 18.5 Å². The van der Waals surface area contributed by atoms with Gasteiger partial charge < -0.3 is 0 Å². The standard InChI is InChI=1S/C15H11F3O.2C10H13.C9H4F6O.Sb/c16-15(17,18)14(19,13-9-5-2-6-10-13)11-12-7-3-1-4-8-12;2*1-10(2,3)9-7-5-4-6-8-9;10-8(11,12)7(16,9(13,14)15)6-4-2-1-3-5-6;/h1-11H;2*5-8H,1-3H3;1-4H;/q-1;;;-1;+1/t14-;;;;/m0..../s1. The number of hydrogen-bond donors (Lipinski definition) is 0. The molecule has 0 amide bonds. The maximum absolute atomic E-state index is 16.7. The van der Waals surface area contributed by atoms with Crippen molar-refractivity contribution in [3.05, 3.63) is 161 Å². The summed E-state index contributed by atoms with van der Waals surface area (Å²) < 4.78 is 156. The average Bonchev–Trinajstić information content (AvgIpc) is 3.40. The van der Waals surface area contributed by atoms with Crippen LogP contribution in [0.2, 0.25) is 0 Å². The third-order valence-corrected chi connectivity index (χ3v) is 34.5. The van der Waals surface area contributed by atoms with E-state index in [0.29, 0.717) is 17.2 Å². The molecule has 12 heteroatoms. The number of hydrogen-bond acceptors (Lipinski definition) is 2. The fourth-order valence-corrected chi connectivity index (χ4v) is 36.5. The second-order valence-electron chi connectivity index (χ2n) is 16.9. The van der Waals surface area contributed by atoms with Crippen molar-refractivity contribution in [1.82, 2.24) is 0 Å². The summed E-state index contributed by atoms with van der Waals surface area (Å²) in [6.45, 7) is 11.1. The zero-order valence-corrected chi connectivity index (χ0v) is 34.0. The Balaban J connectivity index is 1.86. The van der Waals surface area contributed by atoms with E-state index in [1.807, 2.05) is 41.5 Å². The van der Waals surface area contributed by atoms with Gasteiger partial charge in [-0.15, -0.1) is 0 Å². The molecule has 1 spiro atoms. The molecule has 2 aliphatic heterocycles. The van der Waals surface area contributed by atoms with Crippen LogP contribution in [0.1, 0.15) is 73.2 Å². The van der Waals surface area contributed by atoms with Crippen molar-refractivity contribution in [2.75, 3.05) is 0 Å². The summed E-state index contributed by atoms with van der Waals surface area (Å²) in [6.07, 6.45) is -17.9. The maximum atomic E-state index is 16.7. The van der Waals surface area contributed by atoms with Crippen molar-refractivity contribution in [1.29, 1.82) is 0 Å². The molecule has 7 rings (SSSR count). The van der Waals surface area contributed by atoms with Crippen molar-refractivity contribution in [2.45, 2.75) is 86.0 Å². The third-order valence-electron chi connectivity index (χ3n) is 11.8. The molecule has 0 saturated carbocycles. The van der Waals surface area contributed by atoms with Gasteiger partial charge in [-0.25, -0.2) is 0 Å². The van der Waals surface area contributed by atoms with Crippen LogP contribution in [-0.2, 0) is 28.1 Å². The fraction of sp³-hybridized carbons (Fsp3) is 0.318. The molecule has 2 heterocycles. The van der Waals surface area contributed by atoms with Gasteiger partial charge in [-0.3, -0.25) is 0 Å². The molecule has 0 unspecified atom stereocenters. The minimum absolute atomic E-state index is 0.205. The first-order valence-electron chi connectivity index (χ1n) is 18.0. The van der Waals surface area contributed by atoms with Gasteiger partial charge in [0.25, 0.3) is 0 Å². The summed E-state index contributed by atoms with van der Waals surface area (Å²) in [6, 6.07) is 28.7. The van der Waals surface area contributed by atoms with Crippen molar-refractivity contribution < 1.29 is 45.5 Å². The molecule has 56 heavy (non-hydrogen) atoms. The molecule has 298 valence electrons. The Hall–Kier alpha value is -3.79. The van der Waals surface area contributed by atoms with Crippen LogP contribution in [-0.4, -0.2) is 35.4 Å². The first-order chi connectivity index (χ1) is 25.8. The molecule has 5 aromatic rings. The van der Waals surface area contributed by atoms with Crippen molar-refractivity contribution in [3.8, 4) is 0 Å². The monoisotopic (exact) mass is 893 g/mol. The van der Waals surface area contributed by atoms with E-state index in [1.165, 1.54) is 103 Å². The van der Waals surface area contributed by atoms with Crippen molar-refractivity contribution in [3.63, 3.8) is 0 Å². The molecule has 1 fully saturated rings. The van der Waals surface area contributed by atoms with Gasteiger partial charge in [0.1, 0.15) is 0 Å². The Morgan fingerprint density at radius 2 is 0.875 bits per heavy atom. The van der Waals surface area contributed by atoms with Crippen LogP contribution < -0.4 is 10.5 Å². The molecule has 2 aliphatic rings. The summed E-state index contributed by atoms with van der Waals surface area (Å²) in [5.74, 6) is 0. The molecule has 0 N–H and O–H groups in total. The molecule has 0 radical (unpaired) electrons. The molecule has 0 bridgehead atoms.